The van der Waals surface area contributed by atoms with E-state index in [-0.39, 0.29) is 22.2 Å². The zero-order chi connectivity index (χ0) is 11.4. The molecule has 0 heterocycles. The van der Waals surface area contributed by atoms with Crippen LogP contribution in [0.5, 0.6) is 0 Å². The largest absolute Gasteiger partial charge is 0.491 e. The molecular weight excluding hydrogens is 193 g/mol. The van der Waals surface area contributed by atoms with Gasteiger partial charge in [-0.05, 0) is 12.1 Å². The van der Waals surface area contributed by atoms with E-state index in [9.17, 15) is 0 Å². The molecule has 0 unspecified atom stereocenters. The van der Waals surface area contributed by atoms with Gasteiger partial charge in [-0.3, -0.25) is 0 Å². The number of nitrogens with zero attached hydrogens (tertiary/aromatic N) is 3. The molecule has 0 saturated heterocycles. The highest BCUT2D eigenvalue weighted by atomic mass is 16.4. The highest BCUT2D eigenvalue weighted by molar-refractivity contribution is 6.60. The molecule has 0 amide bonds. The first-order chi connectivity index (χ1) is 7.13. The fourth-order valence-electron chi connectivity index (χ4n) is 1.18. The third-order valence-corrected chi connectivity index (χ3v) is 1.81. The first-order valence-electron chi connectivity index (χ1n) is 3.88. The second-order valence-corrected chi connectivity index (χ2v) is 2.69. The monoisotopic (exact) mass is 197 g/mol. The zero-order valence-corrected chi connectivity index (χ0v) is 7.47. The highest BCUT2D eigenvalue weighted by Crippen LogP contribution is 2.06. The number of rotatable bonds is 1. The summed E-state index contributed by atoms with van der Waals surface area (Å²) in [7, 11) is -1.90. The normalized spacial score (nSPS) is 8.47. The summed E-state index contributed by atoms with van der Waals surface area (Å²) >= 11 is 0. The van der Waals surface area contributed by atoms with Crippen LogP contribution in [0.3, 0.4) is 0 Å². The number of hydrogen-bond acceptors (Lipinski definition) is 5. The summed E-state index contributed by atoms with van der Waals surface area (Å²) in [6, 6.07) is 7.59. The number of hydrogen-bond donors (Lipinski definition) is 2. The van der Waals surface area contributed by atoms with Gasteiger partial charge in [0, 0.05) is 5.46 Å². The molecular formula is C9H4BN3O2. The predicted molar refractivity (Wildman–Crippen MR) is 50.4 cm³/mol. The summed E-state index contributed by atoms with van der Waals surface area (Å²) in [6.45, 7) is 0. The molecule has 0 bridgehead atoms. The number of nitriles is 3. The summed E-state index contributed by atoms with van der Waals surface area (Å²) in [5.74, 6) is 0. The lowest BCUT2D eigenvalue weighted by molar-refractivity contribution is 0.425. The maximum Gasteiger partial charge on any atom is 0.491 e. The third-order valence-electron chi connectivity index (χ3n) is 1.81. The Morgan fingerprint density at radius 1 is 0.933 bits per heavy atom. The molecule has 0 radical (unpaired) electrons. The molecule has 0 aliphatic heterocycles. The van der Waals surface area contributed by atoms with Crippen molar-refractivity contribution in [1.82, 2.24) is 0 Å². The van der Waals surface area contributed by atoms with Crippen molar-refractivity contribution in [1.29, 1.82) is 15.8 Å². The maximum absolute atomic E-state index is 8.98. The average molecular weight is 197 g/mol. The fourth-order valence-corrected chi connectivity index (χ4v) is 1.18. The van der Waals surface area contributed by atoms with E-state index in [0.717, 1.165) is 0 Å². The standard InChI is InChI=1S/C9H4BN3O2/c11-3-6-1-7(4-12)9(10(14)15)8(2-6)5-13/h1-2,14-15H. The van der Waals surface area contributed by atoms with E-state index < -0.39 is 7.12 Å². The molecule has 0 spiro atoms. The van der Waals surface area contributed by atoms with Crippen molar-refractivity contribution >= 4 is 12.6 Å². The molecule has 15 heavy (non-hydrogen) atoms. The summed E-state index contributed by atoms with van der Waals surface area (Å²) in [5.41, 5.74) is -0.201. The minimum atomic E-state index is -1.90. The average Bonchev–Trinajstić information content (AvgIpc) is 2.26. The maximum atomic E-state index is 8.98. The van der Waals surface area contributed by atoms with Gasteiger partial charge < -0.3 is 10.0 Å². The van der Waals surface area contributed by atoms with E-state index in [1.807, 2.05) is 0 Å². The predicted octanol–water partition coefficient (Wildman–Crippen LogP) is -1.02. The molecule has 6 heteroatoms. The van der Waals surface area contributed by atoms with Gasteiger partial charge in [-0.2, -0.15) is 15.8 Å². The van der Waals surface area contributed by atoms with E-state index in [4.69, 9.17) is 25.8 Å². The fraction of sp³-hybridized carbons (Fsp3) is 0. The quantitative estimate of drug-likeness (QED) is 0.559. The Balaban J connectivity index is 3.59. The Labute approximate surface area is 86.2 Å². The van der Waals surface area contributed by atoms with Crippen LogP contribution >= 0.6 is 0 Å². The second-order valence-electron chi connectivity index (χ2n) is 2.69. The summed E-state index contributed by atoms with van der Waals surface area (Å²) in [5, 5.41) is 44.0. The van der Waals surface area contributed by atoms with Crippen molar-refractivity contribution in [3.05, 3.63) is 28.8 Å². The van der Waals surface area contributed by atoms with Crippen LogP contribution < -0.4 is 5.46 Å². The van der Waals surface area contributed by atoms with Gasteiger partial charge in [-0.1, -0.05) is 0 Å². The Morgan fingerprint density at radius 2 is 1.40 bits per heavy atom. The Hall–Kier alpha value is -2.33. The summed E-state index contributed by atoms with van der Waals surface area (Å²) in [4.78, 5) is 0. The first kappa shape index (κ1) is 10.8. The van der Waals surface area contributed by atoms with Crippen molar-refractivity contribution in [3.8, 4) is 18.2 Å². The van der Waals surface area contributed by atoms with Crippen molar-refractivity contribution in [2.75, 3.05) is 0 Å². The first-order valence-corrected chi connectivity index (χ1v) is 3.88. The van der Waals surface area contributed by atoms with E-state index in [0.29, 0.717) is 0 Å². The smallest absolute Gasteiger partial charge is 0.423 e. The van der Waals surface area contributed by atoms with Crippen LogP contribution in [-0.2, 0) is 0 Å². The summed E-state index contributed by atoms with van der Waals surface area (Å²) < 4.78 is 0. The molecule has 0 atom stereocenters. The van der Waals surface area contributed by atoms with Crippen molar-refractivity contribution in [3.63, 3.8) is 0 Å². The van der Waals surface area contributed by atoms with Crippen LogP contribution in [0, 0.1) is 34.0 Å². The van der Waals surface area contributed by atoms with Gasteiger partial charge in [-0.15, -0.1) is 0 Å². The van der Waals surface area contributed by atoms with Crippen molar-refractivity contribution in [2.24, 2.45) is 0 Å². The number of benzene rings is 1. The molecule has 70 valence electrons. The Bertz CT molecular complexity index is 485. The molecule has 5 nitrogen and oxygen atoms in total. The van der Waals surface area contributed by atoms with Gasteiger partial charge in [-0.25, -0.2) is 0 Å². The minimum Gasteiger partial charge on any atom is -0.423 e. The van der Waals surface area contributed by atoms with Crippen LogP contribution in [0.1, 0.15) is 16.7 Å². The molecule has 1 rings (SSSR count). The van der Waals surface area contributed by atoms with Crippen molar-refractivity contribution < 1.29 is 10.0 Å². The van der Waals surface area contributed by atoms with Gasteiger partial charge in [0.1, 0.15) is 0 Å². The molecule has 0 aliphatic rings. The van der Waals surface area contributed by atoms with E-state index in [2.05, 4.69) is 0 Å². The molecule has 1 aromatic carbocycles. The van der Waals surface area contributed by atoms with Gasteiger partial charge in [0.25, 0.3) is 0 Å². The highest BCUT2D eigenvalue weighted by Gasteiger charge is 2.21. The molecule has 1 aromatic rings. The van der Waals surface area contributed by atoms with E-state index in [1.54, 1.807) is 18.2 Å². The molecule has 2 N–H and O–H groups in total. The van der Waals surface area contributed by atoms with E-state index >= 15 is 0 Å². The van der Waals surface area contributed by atoms with Crippen LogP contribution in [0.4, 0.5) is 0 Å². The van der Waals surface area contributed by atoms with Gasteiger partial charge >= 0.3 is 7.12 Å². The summed E-state index contributed by atoms with van der Waals surface area (Å²) in [6.07, 6.45) is 0. The van der Waals surface area contributed by atoms with Crippen LogP contribution in [0.2, 0.25) is 0 Å². The molecule has 0 saturated carbocycles. The third kappa shape index (κ3) is 1.95. The lowest BCUT2D eigenvalue weighted by atomic mass is 9.74. The Morgan fingerprint density at radius 3 is 1.67 bits per heavy atom. The minimum absolute atomic E-state index is 0.0828. The Kier molecular flexibility index (Phi) is 3.05. The molecule has 0 aliphatic carbocycles. The SMILES string of the molecule is N#Cc1cc(C#N)c(B(O)O)c(C#N)c1. The van der Waals surface area contributed by atoms with Crippen LogP contribution in [0.15, 0.2) is 12.1 Å². The van der Waals surface area contributed by atoms with Crippen LogP contribution in [0.25, 0.3) is 0 Å². The van der Waals surface area contributed by atoms with Gasteiger partial charge in [0.2, 0.25) is 0 Å². The van der Waals surface area contributed by atoms with Gasteiger partial charge in [0.05, 0.1) is 34.9 Å². The second kappa shape index (κ2) is 4.26. The lowest BCUT2D eigenvalue weighted by Crippen LogP contribution is -2.35. The lowest BCUT2D eigenvalue weighted by Gasteiger charge is -2.04. The van der Waals surface area contributed by atoms with Crippen molar-refractivity contribution in [2.45, 2.75) is 0 Å². The topological polar surface area (TPSA) is 112 Å². The molecule has 0 fully saturated rings. The zero-order valence-electron chi connectivity index (χ0n) is 7.47. The van der Waals surface area contributed by atoms with Crippen LogP contribution in [-0.4, -0.2) is 17.2 Å². The van der Waals surface area contributed by atoms with E-state index in [1.165, 1.54) is 12.1 Å². The molecule has 0 aromatic heterocycles. The van der Waals surface area contributed by atoms with Gasteiger partial charge in [0.15, 0.2) is 0 Å².